The zero-order valence-corrected chi connectivity index (χ0v) is 9.75. The second-order valence-corrected chi connectivity index (χ2v) is 4.59. The molecule has 1 aliphatic rings. The van der Waals surface area contributed by atoms with Crippen LogP contribution in [0.3, 0.4) is 0 Å². The first-order chi connectivity index (χ1) is 7.17. The van der Waals surface area contributed by atoms with Gasteiger partial charge >= 0.3 is 0 Å². The Morgan fingerprint density at radius 2 is 2.07 bits per heavy atom. The Morgan fingerprint density at radius 3 is 2.53 bits per heavy atom. The average molecular weight is 207 g/mol. The number of rotatable bonds is 3. The summed E-state index contributed by atoms with van der Waals surface area (Å²) < 4.78 is 0. The predicted octanol–water partition coefficient (Wildman–Crippen LogP) is 2.34. The first-order valence-electron chi connectivity index (χ1n) is 5.93. The van der Waals surface area contributed by atoms with Crippen LogP contribution in [-0.2, 0) is 4.79 Å². The van der Waals surface area contributed by atoms with Crippen molar-refractivity contribution in [3.63, 3.8) is 0 Å². The number of terminal acetylenes is 1. The first-order valence-corrected chi connectivity index (χ1v) is 5.93. The van der Waals surface area contributed by atoms with Crippen LogP contribution in [0.4, 0.5) is 0 Å². The van der Waals surface area contributed by atoms with E-state index in [0.717, 1.165) is 25.2 Å². The van der Waals surface area contributed by atoms with Gasteiger partial charge in [0.15, 0.2) is 0 Å². The number of hydrogen-bond donors (Lipinski definition) is 1. The Hall–Kier alpha value is -0.970. The van der Waals surface area contributed by atoms with E-state index >= 15 is 0 Å². The lowest BCUT2D eigenvalue weighted by Crippen LogP contribution is -2.39. The summed E-state index contributed by atoms with van der Waals surface area (Å²) >= 11 is 0. The lowest BCUT2D eigenvalue weighted by molar-refractivity contribution is -0.126. The summed E-state index contributed by atoms with van der Waals surface area (Å²) in [4.78, 5) is 11.8. The lowest BCUT2D eigenvalue weighted by atomic mass is 9.82. The number of carbonyl (C=O) groups excluding carboxylic acids is 1. The molecule has 1 amide bonds. The van der Waals surface area contributed by atoms with Gasteiger partial charge in [0, 0.05) is 5.92 Å². The van der Waals surface area contributed by atoms with Crippen molar-refractivity contribution >= 4 is 5.91 Å². The van der Waals surface area contributed by atoms with Crippen LogP contribution in [-0.4, -0.2) is 11.9 Å². The SMILES string of the molecule is C#CC(CC)NC(=O)C1CCC(C)CC1. The predicted molar refractivity (Wildman–Crippen MR) is 62.2 cm³/mol. The van der Waals surface area contributed by atoms with Crippen LogP contribution in [0.1, 0.15) is 46.0 Å². The maximum Gasteiger partial charge on any atom is 0.224 e. The fourth-order valence-electron chi connectivity index (χ4n) is 2.07. The van der Waals surface area contributed by atoms with E-state index in [0.29, 0.717) is 0 Å². The molecule has 1 atom stereocenters. The van der Waals surface area contributed by atoms with Gasteiger partial charge in [0.2, 0.25) is 5.91 Å². The molecule has 0 radical (unpaired) electrons. The van der Waals surface area contributed by atoms with Crippen molar-refractivity contribution in [3.05, 3.63) is 0 Å². The zero-order valence-electron chi connectivity index (χ0n) is 9.75. The first kappa shape index (κ1) is 12.1. The molecule has 2 heteroatoms. The van der Waals surface area contributed by atoms with Crippen molar-refractivity contribution in [1.82, 2.24) is 5.32 Å². The van der Waals surface area contributed by atoms with Crippen LogP contribution in [0.5, 0.6) is 0 Å². The molecule has 0 aromatic carbocycles. The topological polar surface area (TPSA) is 29.1 Å². The minimum atomic E-state index is -0.0862. The second-order valence-electron chi connectivity index (χ2n) is 4.59. The molecule has 84 valence electrons. The Balaban J connectivity index is 2.37. The Kier molecular flexibility index (Phi) is 4.68. The molecule has 1 saturated carbocycles. The molecular formula is C13H21NO. The monoisotopic (exact) mass is 207 g/mol. The lowest BCUT2D eigenvalue weighted by Gasteiger charge is -2.26. The van der Waals surface area contributed by atoms with Crippen molar-refractivity contribution < 1.29 is 4.79 Å². The largest absolute Gasteiger partial charge is 0.342 e. The Morgan fingerprint density at radius 1 is 1.47 bits per heavy atom. The molecule has 0 aromatic heterocycles. The zero-order chi connectivity index (χ0) is 11.3. The maximum atomic E-state index is 11.8. The van der Waals surface area contributed by atoms with Gasteiger partial charge in [-0.05, 0) is 38.0 Å². The molecule has 0 heterocycles. The second kappa shape index (κ2) is 5.80. The highest BCUT2D eigenvalue weighted by atomic mass is 16.1. The van der Waals surface area contributed by atoms with Crippen molar-refractivity contribution in [2.75, 3.05) is 0 Å². The van der Waals surface area contributed by atoms with Crippen LogP contribution in [0.2, 0.25) is 0 Å². The van der Waals surface area contributed by atoms with E-state index in [1.807, 2.05) is 6.92 Å². The highest BCUT2D eigenvalue weighted by Gasteiger charge is 2.24. The maximum absolute atomic E-state index is 11.8. The summed E-state index contributed by atoms with van der Waals surface area (Å²) in [6, 6.07) is -0.0862. The van der Waals surface area contributed by atoms with Gasteiger partial charge in [-0.25, -0.2) is 0 Å². The molecule has 0 saturated heterocycles. The summed E-state index contributed by atoms with van der Waals surface area (Å²) in [6.45, 7) is 4.25. The highest BCUT2D eigenvalue weighted by molar-refractivity contribution is 5.79. The van der Waals surface area contributed by atoms with Crippen molar-refractivity contribution in [3.8, 4) is 12.3 Å². The van der Waals surface area contributed by atoms with Gasteiger partial charge in [-0.3, -0.25) is 4.79 Å². The van der Waals surface area contributed by atoms with Crippen molar-refractivity contribution in [1.29, 1.82) is 0 Å². The molecule has 0 bridgehead atoms. The van der Waals surface area contributed by atoms with Crippen LogP contribution in [0, 0.1) is 24.2 Å². The molecular weight excluding hydrogens is 186 g/mol. The van der Waals surface area contributed by atoms with Gasteiger partial charge in [0.05, 0.1) is 6.04 Å². The molecule has 1 fully saturated rings. The van der Waals surface area contributed by atoms with Gasteiger partial charge in [-0.15, -0.1) is 6.42 Å². The van der Waals surface area contributed by atoms with Gasteiger partial charge in [0.25, 0.3) is 0 Å². The number of carbonyl (C=O) groups is 1. The molecule has 0 aromatic rings. The fourth-order valence-corrected chi connectivity index (χ4v) is 2.07. The number of hydrogen-bond acceptors (Lipinski definition) is 1. The third kappa shape index (κ3) is 3.58. The standard InChI is InChI=1S/C13H21NO/c1-4-12(5-2)14-13(15)11-8-6-10(3)7-9-11/h1,10-12H,5-9H2,2-3H3,(H,14,15). The molecule has 0 aliphatic heterocycles. The number of nitrogens with one attached hydrogen (secondary N) is 1. The molecule has 0 spiro atoms. The molecule has 1 rings (SSSR count). The van der Waals surface area contributed by atoms with Crippen molar-refractivity contribution in [2.45, 2.75) is 52.0 Å². The van der Waals surface area contributed by atoms with Gasteiger partial charge in [0.1, 0.15) is 0 Å². The normalized spacial score (nSPS) is 27.8. The smallest absolute Gasteiger partial charge is 0.224 e. The van der Waals surface area contributed by atoms with Crippen LogP contribution < -0.4 is 5.32 Å². The minimum absolute atomic E-state index is 0.0862. The van der Waals surface area contributed by atoms with E-state index in [9.17, 15) is 4.79 Å². The quantitative estimate of drug-likeness (QED) is 0.707. The Labute approximate surface area is 92.8 Å². The molecule has 2 nitrogen and oxygen atoms in total. The summed E-state index contributed by atoms with van der Waals surface area (Å²) in [6.07, 6.45) is 10.5. The molecule has 1 aliphatic carbocycles. The molecule has 1 unspecified atom stereocenters. The van der Waals surface area contributed by atoms with E-state index in [4.69, 9.17) is 6.42 Å². The average Bonchev–Trinajstić information content (AvgIpc) is 2.26. The Bertz CT molecular complexity index is 246. The van der Waals surface area contributed by atoms with Gasteiger partial charge in [-0.2, -0.15) is 0 Å². The fraction of sp³-hybridized carbons (Fsp3) is 0.769. The van der Waals surface area contributed by atoms with E-state index in [1.165, 1.54) is 12.8 Å². The summed E-state index contributed by atoms with van der Waals surface area (Å²) in [7, 11) is 0. The summed E-state index contributed by atoms with van der Waals surface area (Å²) in [5, 5.41) is 2.93. The molecule has 1 N–H and O–H groups in total. The third-order valence-electron chi connectivity index (χ3n) is 3.31. The minimum Gasteiger partial charge on any atom is -0.342 e. The summed E-state index contributed by atoms with van der Waals surface area (Å²) in [5.41, 5.74) is 0. The highest BCUT2D eigenvalue weighted by Crippen LogP contribution is 2.28. The van der Waals surface area contributed by atoms with Crippen LogP contribution >= 0.6 is 0 Å². The van der Waals surface area contributed by atoms with Crippen molar-refractivity contribution in [2.24, 2.45) is 11.8 Å². The van der Waals surface area contributed by atoms with Gasteiger partial charge < -0.3 is 5.32 Å². The summed E-state index contributed by atoms with van der Waals surface area (Å²) in [5.74, 6) is 3.74. The molecule has 15 heavy (non-hydrogen) atoms. The van der Waals surface area contributed by atoms with Crippen LogP contribution in [0.15, 0.2) is 0 Å². The van der Waals surface area contributed by atoms with E-state index in [1.54, 1.807) is 0 Å². The van der Waals surface area contributed by atoms with E-state index in [2.05, 4.69) is 18.2 Å². The number of amides is 1. The van der Waals surface area contributed by atoms with E-state index < -0.39 is 0 Å². The van der Waals surface area contributed by atoms with Crippen LogP contribution in [0.25, 0.3) is 0 Å². The van der Waals surface area contributed by atoms with Gasteiger partial charge in [-0.1, -0.05) is 19.8 Å². The third-order valence-corrected chi connectivity index (χ3v) is 3.31. The van der Waals surface area contributed by atoms with E-state index in [-0.39, 0.29) is 17.9 Å².